The third-order valence-corrected chi connectivity index (χ3v) is 20.7. The van der Waals surface area contributed by atoms with Crippen LogP contribution in [0.3, 0.4) is 0 Å². The Bertz CT molecular complexity index is 1950. The Hall–Kier alpha value is -1.94. The zero-order valence-electron chi connectivity index (χ0n) is 65.8. The minimum absolute atomic E-state index is 0.106. The molecule has 0 aromatic carbocycles. The second-order valence-corrected chi connectivity index (χ2v) is 34.0. The monoisotopic (exact) mass is 1470 g/mol. The number of hydrogen-bond donors (Lipinski definition) is 3. The first-order chi connectivity index (χ1) is 48.1. The Morgan fingerprint density at radius 2 is 0.420 bits per heavy atom. The van der Waals surface area contributed by atoms with Gasteiger partial charge in [0.25, 0.3) is 0 Å². The third kappa shape index (κ3) is 74.3. The Labute approximate surface area is 613 Å². The van der Waals surface area contributed by atoms with Crippen molar-refractivity contribution in [2.75, 3.05) is 39.6 Å². The molecule has 3 unspecified atom stereocenters. The van der Waals surface area contributed by atoms with Crippen LogP contribution in [0.1, 0.15) is 415 Å². The Balaban J connectivity index is 5.21. The molecule has 0 amide bonds. The molecule has 0 fully saturated rings. The summed E-state index contributed by atoms with van der Waals surface area (Å²) in [5.41, 5.74) is 0. The highest BCUT2D eigenvalue weighted by molar-refractivity contribution is 7.47. The summed E-state index contributed by atoms with van der Waals surface area (Å²) in [5.74, 6) is 0.957. The van der Waals surface area contributed by atoms with Crippen LogP contribution < -0.4 is 0 Å². The molecule has 5 atom stereocenters. The van der Waals surface area contributed by atoms with E-state index in [9.17, 15) is 43.2 Å². The number of hydrogen-bond acceptors (Lipinski definition) is 15. The summed E-state index contributed by atoms with van der Waals surface area (Å²) in [6.45, 7) is 14.2. The second-order valence-electron chi connectivity index (χ2n) is 31.1. The van der Waals surface area contributed by atoms with Gasteiger partial charge in [-0.2, -0.15) is 0 Å². The van der Waals surface area contributed by atoms with E-state index in [1.54, 1.807) is 0 Å². The summed E-state index contributed by atoms with van der Waals surface area (Å²) in [7, 11) is -9.92. The van der Waals surface area contributed by atoms with Gasteiger partial charge in [-0.25, -0.2) is 9.13 Å². The van der Waals surface area contributed by atoms with E-state index in [0.29, 0.717) is 31.6 Å². The molecule has 3 N–H and O–H groups in total. The molecule has 100 heavy (non-hydrogen) atoms. The first-order valence-corrected chi connectivity index (χ1v) is 44.7. The first-order valence-electron chi connectivity index (χ1n) is 41.7. The van der Waals surface area contributed by atoms with Gasteiger partial charge in [0.15, 0.2) is 12.2 Å². The van der Waals surface area contributed by atoms with Crippen LogP contribution >= 0.6 is 15.6 Å². The van der Waals surface area contributed by atoms with E-state index in [1.165, 1.54) is 212 Å². The number of aliphatic hydroxyl groups is 1. The van der Waals surface area contributed by atoms with Crippen molar-refractivity contribution in [3.8, 4) is 0 Å². The summed E-state index contributed by atoms with van der Waals surface area (Å²) in [6.07, 6.45) is 57.0. The number of phosphoric ester groups is 2. The number of unbranched alkanes of at least 4 members (excludes halogenated alkanes) is 44. The summed E-state index contributed by atoms with van der Waals surface area (Å²) < 4.78 is 68.7. The Morgan fingerprint density at radius 3 is 0.620 bits per heavy atom. The molecule has 17 nitrogen and oxygen atoms in total. The van der Waals surface area contributed by atoms with Gasteiger partial charge in [0.2, 0.25) is 0 Å². The molecule has 0 bridgehead atoms. The summed E-state index contributed by atoms with van der Waals surface area (Å²) in [4.78, 5) is 73.0. The largest absolute Gasteiger partial charge is 0.472 e. The lowest BCUT2D eigenvalue weighted by Crippen LogP contribution is -2.30. The molecule has 0 rings (SSSR count). The minimum atomic E-state index is -4.96. The van der Waals surface area contributed by atoms with E-state index in [1.807, 2.05) is 0 Å². The van der Waals surface area contributed by atoms with E-state index in [2.05, 4.69) is 55.4 Å². The number of ether oxygens (including phenoxy) is 4. The topological polar surface area (TPSA) is 237 Å². The van der Waals surface area contributed by atoms with Gasteiger partial charge in [0.05, 0.1) is 26.4 Å². The molecule has 0 aromatic heterocycles. The normalized spacial score (nSPS) is 14.0. The minimum Gasteiger partial charge on any atom is -0.462 e. The molecule has 19 heteroatoms. The van der Waals surface area contributed by atoms with Crippen molar-refractivity contribution in [3.63, 3.8) is 0 Å². The molecule has 0 aromatic rings. The highest BCUT2D eigenvalue weighted by atomic mass is 31.2. The number of rotatable bonds is 78. The summed E-state index contributed by atoms with van der Waals surface area (Å²) >= 11 is 0. The van der Waals surface area contributed by atoms with Gasteiger partial charge in [-0.15, -0.1) is 0 Å². The first kappa shape index (κ1) is 98.1. The van der Waals surface area contributed by atoms with E-state index < -0.39 is 97.5 Å². The lowest BCUT2D eigenvalue weighted by atomic mass is 10.0. The third-order valence-electron chi connectivity index (χ3n) is 18.8. The standard InChI is InChI=1S/C81H158O17P2/c1-71(2)57-49-41-33-26-20-15-13-11-9-10-12-14-16-24-30-38-47-55-63-80(85)98-77(68-92-79(84)62-54-46-40-32-36-44-52-60-74(7)8)70-96-100(89,90)94-66-75(82)65-93-99(87,88)95-69-76(97-81(86)64-56-48-39-31-25-19-22-28-35-43-51-59-73(5)6)67-91-78(83)61-53-45-37-29-23-18-17-21-27-34-42-50-58-72(3)4/h71-77,82H,9-70H2,1-8H3,(H,87,88)(H,89,90)/t75?,76-,77-/m1/s1. The predicted octanol–water partition coefficient (Wildman–Crippen LogP) is 24.0. The molecular formula is C81H158O17P2. The SMILES string of the molecule is CC(C)CCCCCCCCCCCCCCCCCCCCC(=O)O[C@H](COC(=O)CCCCCCCCCC(C)C)COP(=O)(O)OCC(O)COP(=O)(O)OC[C@@H](COC(=O)CCCCCCCCCCCCCCC(C)C)OC(=O)CCCCCCCCCCCCCC(C)C. The number of esters is 4. The van der Waals surface area contributed by atoms with Crippen molar-refractivity contribution in [1.29, 1.82) is 0 Å². The highest BCUT2D eigenvalue weighted by Crippen LogP contribution is 2.45. The fourth-order valence-electron chi connectivity index (χ4n) is 12.4. The van der Waals surface area contributed by atoms with E-state index in [4.69, 9.17) is 37.0 Å². The number of carbonyl (C=O) groups is 4. The van der Waals surface area contributed by atoms with Crippen molar-refractivity contribution in [1.82, 2.24) is 0 Å². The molecule has 0 heterocycles. The maximum atomic E-state index is 13.1. The maximum Gasteiger partial charge on any atom is 0.472 e. The second kappa shape index (κ2) is 70.1. The van der Waals surface area contributed by atoms with Gasteiger partial charge in [0.1, 0.15) is 19.3 Å². The molecule has 0 aliphatic rings. The van der Waals surface area contributed by atoms with E-state index in [0.717, 1.165) is 114 Å². The molecule has 0 saturated heterocycles. The van der Waals surface area contributed by atoms with Crippen LogP contribution in [0, 0.1) is 23.7 Å². The number of carbonyl (C=O) groups excluding carboxylic acids is 4. The molecule has 0 radical (unpaired) electrons. The van der Waals surface area contributed by atoms with Crippen LogP contribution in [-0.4, -0.2) is 96.7 Å². The summed E-state index contributed by atoms with van der Waals surface area (Å²) in [6, 6.07) is 0. The van der Waals surface area contributed by atoms with E-state index >= 15 is 0 Å². The average Bonchev–Trinajstić information content (AvgIpc) is 1.25. The van der Waals surface area contributed by atoms with Crippen LogP contribution in [0.4, 0.5) is 0 Å². The van der Waals surface area contributed by atoms with Crippen molar-refractivity contribution in [2.45, 2.75) is 433 Å². The zero-order valence-corrected chi connectivity index (χ0v) is 67.6. The lowest BCUT2D eigenvalue weighted by Gasteiger charge is -2.21. The lowest BCUT2D eigenvalue weighted by molar-refractivity contribution is -0.161. The van der Waals surface area contributed by atoms with Gasteiger partial charge < -0.3 is 33.8 Å². The molecule has 0 aliphatic heterocycles. The average molecular weight is 1470 g/mol. The van der Waals surface area contributed by atoms with Gasteiger partial charge >= 0.3 is 39.5 Å². The van der Waals surface area contributed by atoms with Crippen LogP contribution in [0.5, 0.6) is 0 Å². The van der Waals surface area contributed by atoms with Crippen LogP contribution in [-0.2, 0) is 65.4 Å². The fraction of sp³-hybridized carbons (Fsp3) is 0.951. The van der Waals surface area contributed by atoms with Crippen molar-refractivity contribution in [2.24, 2.45) is 23.7 Å². The fourth-order valence-corrected chi connectivity index (χ4v) is 14.0. The number of phosphoric acid groups is 2. The molecule has 0 aliphatic carbocycles. The number of aliphatic hydroxyl groups excluding tert-OH is 1. The zero-order chi connectivity index (χ0) is 73.8. The molecule has 0 spiro atoms. The summed E-state index contributed by atoms with van der Waals surface area (Å²) in [5, 5.41) is 10.6. The maximum absolute atomic E-state index is 13.1. The quantitative estimate of drug-likeness (QED) is 0.0222. The van der Waals surface area contributed by atoms with Gasteiger partial charge in [0, 0.05) is 25.7 Å². The Morgan fingerprint density at radius 1 is 0.250 bits per heavy atom. The van der Waals surface area contributed by atoms with Crippen LogP contribution in [0.15, 0.2) is 0 Å². The van der Waals surface area contributed by atoms with Gasteiger partial charge in [-0.1, -0.05) is 364 Å². The van der Waals surface area contributed by atoms with Gasteiger partial charge in [-0.3, -0.25) is 37.3 Å². The molecule has 0 saturated carbocycles. The van der Waals surface area contributed by atoms with Gasteiger partial charge in [-0.05, 0) is 49.4 Å². The molecule has 594 valence electrons. The van der Waals surface area contributed by atoms with Crippen molar-refractivity contribution < 1.29 is 80.2 Å². The van der Waals surface area contributed by atoms with Crippen molar-refractivity contribution in [3.05, 3.63) is 0 Å². The highest BCUT2D eigenvalue weighted by Gasteiger charge is 2.30. The molecular weight excluding hydrogens is 1310 g/mol. The van der Waals surface area contributed by atoms with E-state index in [-0.39, 0.29) is 25.7 Å². The van der Waals surface area contributed by atoms with Crippen molar-refractivity contribution >= 4 is 39.5 Å². The van der Waals surface area contributed by atoms with Crippen LogP contribution in [0.2, 0.25) is 0 Å². The Kier molecular flexibility index (Phi) is 68.7. The predicted molar refractivity (Wildman–Crippen MR) is 409 cm³/mol. The smallest absolute Gasteiger partial charge is 0.462 e. The van der Waals surface area contributed by atoms with Crippen LogP contribution in [0.25, 0.3) is 0 Å².